The zero-order valence-corrected chi connectivity index (χ0v) is 23.0. The Morgan fingerprint density at radius 1 is 0.949 bits per heavy atom. The lowest BCUT2D eigenvalue weighted by atomic mass is 9.80. The van der Waals surface area contributed by atoms with Gasteiger partial charge in [0.05, 0.1) is 11.0 Å². The number of amides is 2. The van der Waals surface area contributed by atoms with Gasteiger partial charge in [0, 0.05) is 38.1 Å². The minimum absolute atomic E-state index is 0.0138. The van der Waals surface area contributed by atoms with Crippen molar-refractivity contribution in [2.45, 2.75) is 43.6 Å². The third kappa shape index (κ3) is 5.87. The van der Waals surface area contributed by atoms with Crippen molar-refractivity contribution >= 4 is 23.4 Å². The Balaban J connectivity index is 1.26. The highest BCUT2D eigenvalue weighted by molar-refractivity contribution is 6.31. The highest BCUT2D eigenvalue weighted by Gasteiger charge is 2.61. The summed E-state index contributed by atoms with van der Waals surface area (Å²) >= 11 is 6.29. The first-order chi connectivity index (χ1) is 18.8. The number of hydrogen-bond donors (Lipinski definition) is 2. The summed E-state index contributed by atoms with van der Waals surface area (Å²) < 4.78 is 13.7. The second-order valence-electron chi connectivity index (χ2n) is 10.9. The van der Waals surface area contributed by atoms with Gasteiger partial charge in [-0.3, -0.25) is 9.59 Å². The largest absolute Gasteiger partial charge is 0.355 e. The lowest BCUT2D eigenvalue weighted by Gasteiger charge is -2.43. The average molecular weight is 548 g/mol. The maximum absolute atomic E-state index is 13.7. The van der Waals surface area contributed by atoms with Crippen LogP contribution in [0.4, 0.5) is 4.39 Å². The Morgan fingerprint density at radius 2 is 1.62 bits per heavy atom. The first kappa shape index (κ1) is 27.4. The van der Waals surface area contributed by atoms with E-state index in [1.54, 1.807) is 19.1 Å². The van der Waals surface area contributed by atoms with Crippen LogP contribution in [0.25, 0.3) is 0 Å². The first-order valence-electron chi connectivity index (χ1n) is 13.7. The van der Waals surface area contributed by atoms with E-state index in [0.717, 1.165) is 55.6 Å². The number of halogens is 2. The fourth-order valence-electron chi connectivity index (χ4n) is 6.24. The molecule has 2 aliphatic rings. The van der Waals surface area contributed by atoms with Gasteiger partial charge < -0.3 is 15.5 Å². The fourth-order valence-corrected chi connectivity index (χ4v) is 6.47. The van der Waals surface area contributed by atoms with Crippen LogP contribution in [0, 0.1) is 11.7 Å². The summed E-state index contributed by atoms with van der Waals surface area (Å²) in [7, 11) is 0. The summed E-state index contributed by atoms with van der Waals surface area (Å²) in [5.74, 6) is -0.219. The van der Waals surface area contributed by atoms with E-state index < -0.39 is 5.41 Å². The molecule has 1 aliphatic carbocycles. The number of nitrogens with zero attached hydrogens (tertiary/aromatic N) is 1. The molecule has 2 atom stereocenters. The standard InChI is InChI=1S/C32H35ClFN3O2/c1-23(38)36-31(25-8-3-2-4-9-25)16-19-37(20-17-31)22-27-21-32(27,26-11-13-28(34)14-12-26)30(39)35-18-15-24-7-5-6-10-29(24)33/h2-14,27H,15-22H2,1H3,(H,35,39)(H,36,38). The molecule has 39 heavy (non-hydrogen) atoms. The predicted octanol–water partition coefficient (Wildman–Crippen LogP) is 5.22. The SMILES string of the molecule is CC(=O)NC1(c2ccccc2)CCN(CC2CC2(C(=O)NCCc2ccccc2Cl)c2ccc(F)cc2)CC1. The topological polar surface area (TPSA) is 61.4 Å². The molecule has 0 aromatic heterocycles. The normalized spacial score (nSPS) is 22.2. The van der Waals surface area contributed by atoms with Crippen molar-refractivity contribution in [3.63, 3.8) is 0 Å². The molecule has 0 bridgehead atoms. The molecule has 2 N–H and O–H groups in total. The molecular formula is C32H35ClFN3O2. The molecule has 2 fully saturated rings. The molecule has 7 heteroatoms. The maximum Gasteiger partial charge on any atom is 0.231 e. The van der Waals surface area contributed by atoms with Crippen LogP contribution in [0.15, 0.2) is 78.9 Å². The van der Waals surface area contributed by atoms with Gasteiger partial charge in [0.15, 0.2) is 0 Å². The molecule has 5 nitrogen and oxygen atoms in total. The molecular weight excluding hydrogens is 513 g/mol. The predicted molar refractivity (Wildman–Crippen MR) is 152 cm³/mol. The zero-order valence-electron chi connectivity index (χ0n) is 22.3. The average Bonchev–Trinajstić information content (AvgIpc) is 3.66. The van der Waals surface area contributed by atoms with Crippen molar-refractivity contribution in [3.8, 4) is 0 Å². The molecule has 3 aromatic carbocycles. The quantitative estimate of drug-likeness (QED) is 0.386. The molecule has 2 amide bonds. The Labute approximate surface area is 234 Å². The van der Waals surface area contributed by atoms with Gasteiger partial charge in [0.2, 0.25) is 11.8 Å². The summed E-state index contributed by atoms with van der Waals surface area (Å²) in [4.78, 5) is 28.1. The number of nitrogens with one attached hydrogen (secondary N) is 2. The van der Waals surface area contributed by atoms with E-state index in [0.29, 0.717) is 18.0 Å². The van der Waals surface area contributed by atoms with Gasteiger partial charge in [-0.05, 0) is 66.5 Å². The van der Waals surface area contributed by atoms with E-state index in [1.165, 1.54) is 12.1 Å². The van der Waals surface area contributed by atoms with Gasteiger partial charge in [-0.15, -0.1) is 0 Å². The molecule has 0 spiro atoms. The lowest BCUT2D eigenvalue weighted by Crippen LogP contribution is -2.53. The summed E-state index contributed by atoms with van der Waals surface area (Å²) in [6, 6.07) is 24.2. The molecule has 2 unspecified atom stereocenters. The molecule has 1 saturated carbocycles. The summed E-state index contributed by atoms with van der Waals surface area (Å²) in [6.45, 7) is 4.47. The Bertz CT molecular complexity index is 1310. The first-order valence-corrected chi connectivity index (χ1v) is 14.0. The Morgan fingerprint density at radius 3 is 2.28 bits per heavy atom. The monoisotopic (exact) mass is 547 g/mol. The maximum atomic E-state index is 13.7. The van der Waals surface area contributed by atoms with E-state index >= 15 is 0 Å². The van der Waals surface area contributed by atoms with Gasteiger partial charge in [-0.1, -0.05) is 72.3 Å². The van der Waals surface area contributed by atoms with E-state index in [1.807, 2.05) is 42.5 Å². The lowest BCUT2D eigenvalue weighted by molar-refractivity contribution is -0.124. The van der Waals surface area contributed by atoms with Gasteiger partial charge >= 0.3 is 0 Å². The molecule has 1 aliphatic heterocycles. The van der Waals surface area contributed by atoms with Crippen molar-refractivity contribution in [3.05, 3.63) is 106 Å². The van der Waals surface area contributed by atoms with Crippen molar-refractivity contribution < 1.29 is 14.0 Å². The van der Waals surface area contributed by atoms with Gasteiger partial charge in [0.25, 0.3) is 0 Å². The third-order valence-electron chi connectivity index (χ3n) is 8.44. The molecule has 1 saturated heterocycles. The summed E-state index contributed by atoms with van der Waals surface area (Å²) in [5, 5.41) is 7.07. The number of carbonyl (C=O) groups excluding carboxylic acids is 2. The summed E-state index contributed by atoms with van der Waals surface area (Å²) in [5.41, 5.74) is 1.94. The number of benzene rings is 3. The minimum atomic E-state index is -0.667. The van der Waals surface area contributed by atoms with Gasteiger partial charge in [-0.25, -0.2) is 4.39 Å². The second-order valence-corrected chi connectivity index (χ2v) is 11.3. The molecule has 0 radical (unpaired) electrons. The molecule has 1 heterocycles. The Hall–Kier alpha value is -3.22. The number of likely N-dealkylation sites (tertiary alicyclic amines) is 1. The molecule has 5 rings (SSSR count). The van der Waals surface area contributed by atoms with Crippen LogP contribution in [0.3, 0.4) is 0 Å². The van der Waals surface area contributed by atoms with Crippen molar-refractivity contribution in [1.82, 2.24) is 15.5 Å². The van der Waals surface area contributed by atoms with Crippen LogP contribution in [-0.4, -0.2) is 42.9 Å². The highest BCUT2D eigenvalue weighted by Crippen LogP contribution is 2.55. The van der Waals surface area contributed by atoms with E-state index in [2.05, 4.69) is 27.7 Å². The van der Waals surface area contributed by atoms with Crippen molar-refractivity contribution in [2.75, 3.05) is 26.2 Å². The summed E-state index contributed by atoms with van der Waals surface area (Å²) in [6.07, 6.45) is 2.97. The fraction of sp³-hybridized carbons (Fsp3) is 0.375. The van der Waals surface area contributed by atoms with Crippen LogP contribution in [0.1, 0.15) is 42.9 Å². The minimum Gasteiger partial charge on any atom is -0.355 e. The highest BCUT2D eigenvalue weighted by atomic mass is 35.5. The van der Waals surface area contributed by atoms with E-state index in [9.17, 15) is 14.0 Å². The number of piperidine rings is 1. The van der Waals surface area contributed by atoms with Crippen LogP contribution < -0.4 is 10.6 Å². The van der Waals surface area contributed by atoms with E-state index in [4.69, 9.17) is 11.6 Å². The van der Waals surface area contributed by atoms with Crippen LogP contribution in [0.2, 0.25) is 5.02 Å². The van der Waals surface area contributed by atoms with Gasteiger partial charge in [-0.2, -0.15) is 0 Å². The van der Waals surface area contributed by atoms with Crippen molar-refractivity contribution in [2.24, 2.45) is 5.92 Å². The van der Waals surface area contributed by atoms with Crippen LogP contribution >= 0.6 is 11.6 Å². The zero-order chi connectivity index (χ0) is 27.5. The second kappa shape index (κ2) is 11.5. The smallest absolute Gasteiger partial charge is 0.231 e. The molecule has 3 aromatic rings. The van der Waals surface area contributed by atoms with Crippen LogP contribution in [-0.2, 0) is 27.0 Å². The van der Waals surface area contributed by atoms with E-state index in [-0.39, 0.29) is 29.1 Å². The van der Waals surface area contributed by atoms with Crippen LogP contribution in [0.5, 0.6) is 0 Å². The number of rotatable bonds is 9. The number of carbonyl (C=O) groups is 2. The Kier molecular flexibility index (Phi) is 8.06. The third-order valence-corrected chi connectivity index (χ3v) is 8.81. The van der Waals surface area contributed by atoms with Gasteiger partial charge in [0.1, 0.15) is 5.82 Å². The number of hydrogen-bond acceptors (Lipinski definition) is 3. The molecule has 204 valence electrons. The van der Waals surface area contributed by atoms with Crippen molar-refractivity contribution in [1.29, 1.82) is 0 Å².